The summed E-state index contributed by atoms with van der Waals surface area (Å²) in [5.41, 5.74) is 1.17. The average molecular weight is 305 g/mol. The second-order valence-corrected chi connectivity index (χ2v) is 5.72. The van der Waals surface area contributed by atoms with Gasteiger partial charge < -0.3 is 9.84 Å². The third-order valence-electron chi connectivity index (χ3n) is 3.88. The zero-order valence-electron chi connectivity index (χ0n) is 11.6. The van der Waals surface area contributed by atoms with Gasteiger partial charge in [0.15, 0.2) is 10.9 Å². The van der Waals surface area contributed by atoms with E-state index in [4.69, 9.17) is 16.3 Å². The van der Waals surface area contributed by atoms with E-state index in [1.807, 2.05) is 18.2 Å². The summed E-state index contributed by atoms with van der Waals surface area (Å²) in [6.07, 6.45) is 6.18. The molecule has 0 radical (unpaired) electrons. The third-order valence-corrected chi connectivity index (χ3v) is 4.07. The molecule has 1 N–H and O–H groups in total. The van der Waals surface area contributed by atoms with E-state index < -0.39 is 0 Å². The van der Waals surface area contributed by atoms with Crippen LogP contribution in [0.5, 0.6) is 17.4 Å². The third kappa shape index (κ3) is 3.27. The fourth-order valence-corrected chi connectivity index (χ4v) is 2.99. The summed E-state index contributed by atoms with van der Waals surface area (Å²) in [5.74, 6) is 1.23. The van der Waals surface area contributed by atoms with Gasteiger partial charge in [-0.15, -0.1) is 10.2 Å². The minimum atomic E-state index is -0.103. The van der Waals surface area contributed by atoms with Gasteiger partial charge in [-0.05, 0) is 30.4 Å². The molecule has 0 spiro atoms. The van der Waals surface area contributed by atoms with E-state index in [9.17, 15) is 5.11 Å². The van der Waals surface area contributed by atoms with Crippen molar-refractivity contribution in [2.24, 2.45) is 0 Å². The predicted molar refractivity (Wildman–Crippen MR) is 81.0 cm³/mol. The molecule has 1 aliphatic carbocycles. The summed E-state index contributed by atoms with van der Waals surface area (Å²) < 4.78 is 5.77. The quantitative estimate of drug-likeness (QED) is 0.895. The van der Waals surface area contributed by atoms with Crippen molar-refractivity contribution in [3.05, 3.63) is 41.0 Å². The Bertz CT molecular complexity index is 627. The minimum Gasteiger partial charge on any atom is -0.503 e. The van der Waals surface area contributed by atoms with Crippen molar-refractivity contribution in [1.29, 1.82) is 0 Å². The van der Waals surface area contributed by atoms with Gasteiger partial charge in [0.1, 0.15) is 5.75 Å². The smallest absolute Gasteiger partial charge is 0.281 e. The highest BCUT2D eigenvalue weighted by Crippen LogP contribution is 2.39. The van der Waals surface area contributed by atoms with Crippen LogP contribution >= 0.6 is 11.6 Å². The van der Waals surface area contributed by atoms with Gasteiger partial charge >= 0.3 is 0 Å². The van der Waals surface area contributed by atoms with E-state index in [0.717, 1.165) is 5.75 Å². The number of hydrogen-bond acceptors (Lipinski definition) is 4. The van der Waals surface area contributed by atoms with E-state index in [2.05, 4.69) is 16.3 Å². The summed E-state index contributed by atoms with van der Waals surface area (Å²) >= 11 is 5.68. The molecule has 5 heteroatoms. The van der Waals surface area contributed by atoms with E-state index in [-0.39, 0.29) is 16.8 Å². The number of rotatable bonds is 3. The Labute approximate surface area is 128 Å². The lowest BCUT2D eigenvalue weighted by atomic mass is 9.84. The summed E-state index contributed by atoms with van der Waals surface area (Å²) in [7, 11) is 0. The Hall–Kier alpha value is -1.81. The van der Waals surface area contributed by atoms with E-state index >= 15 is 0 Å². The van der Waals surface area contributed by atoms with Gasteiger partial charge in [-0.1, -0.05) is 49.1 Å². The lowest BCUT2D eigenvalue weighted by molar-refractivity contribution is 0.379. The zero-order valence-corrected chi connectivity index (χ0v) is 12.4. The van der Waals surface area contributed by atoms with E-state index in [1.165, 1.54) is 43.7 Å². The fourth-order valence-electron chi connectivity index (χ4n) is 2.85. The van der Waals surface area contributed by atoms with Gasteiger partial charge in [0.25, 0.3) is 5.88 Å². The largest absolute Gasteiger partial charge is 0.503 e. The highest BCUT2D eigenvalue weighted by atomic mass is 35.5. The molecule has 0 atom stereocenters. The lowest BCUT2D eigenvalue weighted by Crippen LogP contribution is -2.06. The summed E-state index contributed by atoms with van der Waals surface area (Å²) in [5, 5.41) is 17.5. The first-order valence-corrected chi connectivity index (χ1v) is 7.61. The normalized spacial score (nSPS) is 15.9. The molecule has 21 heavy (non-hydrogen) atoms. The molecule has 0 bridgehead atoms. The average Bonchev–Trinajstić information content (AvgIpc) is 2.51. The van der Waals surface area contributed by atoms with Crippen molar-refractivity contribution >= 4 is 11.6 Å². The Morgan fingerprint density at radius 3 is 2.62 bits per heavy atom. The van der Waals surface area contributed by atoms with Crippen LogP contribution in [0.2, 0.25) is 5.15 Å². The number of para-hydroxylation sites is 1. The molecule has 1 heterocycles. The Kier molecular flexibility index (Phi) is 4.25. The molecule has 0 amide bonds. The van der Waals surface area contributed by atoms with Crippen LogP contribution in [-0.4, -0.2) is 15.3 Å². The molecule has 0 aliphatic heterocycles. The fraction of sp³-hybridized carbons (Fsp3) is 0.375. The maximum absolute atomic E-state index is 9.84. The molecule has 1 saturated carbocycles. The van der Waals surface area contributed by atoms with E-state index in [0.29, 0.717) is 5.92 Å². The minimum absolute atomic E-state index is 0.0858. The first-order chi connectivity index (χ1) is 10.2. The van der Waals surface area contributed by atoms with Gasteiger partial charge in [0.05, 0.1) is 0 Å². The summed E-state index contributed by atoms with van der Waals surface area (Å²) in [6.45, 7) is 0. The van der Waals surface area contributed by atoms with Crippen LogP contribution in [0.4, 0.5) is 0 Å². The van der Waals surface area contributed by atoms with Gasteiger partial charge in [-0.25, -0.2) is 0 Å². The molecule has 2 aromatic rings. The van der Waals surface area contributed by atoms with Crippen LogP contribution in [0.3, 0.4) is 0 Å². The number of halogens is 1. The van der Waals surface area contributed by atoms with Gasteiger partial charge in [-0.3, -0.25) is 0 Å². The first-order valence-electron chi connectivity index (χ1n) is 7.23. The zero-order chi connectivity index (χ0) is 14.7. The second-order valence-electron chi connectivity index (χ2n) is 5.33. The first kappa shape index (κ1) is 14.1. The lowest BCUT2D eigenvalue weighted by Gasteiger charge is -2.23. The maximum atomic E-state index is 9.84. The highest BCUT2D eigenvalue weighted by molar-refractivity contribution is 6.29. The van der Waals surface area contributed by atoms with Crippen molar-refractivity contribution in [3.8, 4) is 17.4 Å². The monoisotopic (exact) mass is 304 g/mol. The molecule has 0 saturated heterocycles. The van der Waals surface area contributed by atoms with Crippen molar-refractivity contribution in [2.45, 2.75) is 38.0 Å². The summed E-state index contributed by atoms with van der Waals surface area (Å²) in [4.78, 5) is 0. The van der Waals surface area contributed by atoms with Gasteiger partial charge in [-0.2, -0.15) is 0 Å². The molecule has 1 fully saturated rings. The number of aromatic hydroxyl groups is 1. The van der Waals surface area contributed by atoms with Crippen LogP contribution in [0, 0.1) is 0 Å². The Balaban J connectivity index is 1.88. The van der Waals surface area contributed by atoms with Crippen molar-refractivity contribution in [1.82, 2.24) is 10.2 Å². The maximum Gasteiger partial charge on any atom is 0.281 e. The van der Waals surface area contributed by atoms with Crippen LogP contribution in [0.25, 0.3) is 0 Å². The van der Waals surface area contributed by atoms with Crippen molar-refractivity contribution in [2.75, 3.05) is 0 Å². The van der Waals surface area contributed by atoms with Crippen molar-refractivity contribution < 1.29 is 9.84 Å². The van der Waals surface area contributed by atoms with Crippen LogP contribution in [0.1, 0.15) is 43.6 Å². The number of hydrogen-bond donors (Lipinski definition) is 1. The molecule has 1 aromatic carbocycles. The molecular formula is C16H17ClN2O2. The molecule has 1 aliphatic rings. The number of ether oxygens (including phenoxy) is 1. The number of aromatic nitrogens is 2. The molecule has 110 valence electrons. The number of nitrogens with zero attached hydrogens (tertiary/aromatic N) is 2. The van der Waals surface area contributed by atoms with Gasteiger partial charge in [0, 0.05) is 6.07 Å². The SMILES string of the molecule is Oc1cc(Cl)nnc1Oc1ccccc1C1CCCCC1. The van der Waals surface area contributed by atoms with Crippen LogP contribution < -0.4 is 4.74 Å². The molecule has 4 nitrogen and oxygen atoms in total. The molecule has 0 unspecified atom stereocenters. The number of benzene rings is 1. The highest BCUT2D eigenvalue weighted by Gasteiger charge is 2.20. The summed E-state index contributed by atoms with van der Waals surface area (Å²) in [6, 6.07) is 9.25. The topological polar surface area (TPSA) is 55.2 Å². The van der Waals surface area contributed by atoms with Gasteiger partial charge in [0.2, 0.25) is 0 Å². The Morgan fingerprint density at radius 2 is 1.86 bits per heavy atom. The van der Waals surface area contributed by atoms with E-state index in [1.54, 1.807) is 0 Å². The standard InChI is InChI=1S/C16H17ClN2O2/c17-15-10-13(20)16(19-18-15)21-14-9-5-4-8-12(14)11-6-2-1-3-7-11/h4-5,8-11H,1-3,6-7H2,(H,18,20). The van der Waals surface area contributed by atoms with Crippen molar-refractivity contribution in [3.63, 3.8) is 0 Å². The predicted octanol–water partition coefficient (Wildman–Crippen LogP) is 4.68. The van der Waals surface area contributed by atoms with Crippen LogP contribution in [-0.2, 0) is 0 Å². The molecular weight excluding hydrogens is 288 g/mol. The Morgan fingerprint density at radius 1 is 1.10 bits per heavy atom. The molecule has 1 aromatic heterocycles. The van der Waals surface area contributed by atoms with Crippen LogP contribution in [0.15, 0.2) is 30.3 Å². The molecule has 3 rings (SSSR count). The second kappa shape index (κ2) is 6.31.